The number of carbonyl (C=O) groups is 2. The Morgan fingerprint density at radius 1 is 1.32 bits per heavy atom. The lowest BCUT2D eigenvalue weighted by Crippen LogP contribution is -2.46. The van der Waals surface area contributed by atoms with Crippen LogP contribution in [0, 0.1) is 5.41 Å². The van der Waals surface area contributed by atoms with Gasteiger partial charge in [0.2, 0.25) is 0 Å². The molecule has 2 rings (SSSR count). The quantitative estimate of drug-likeness (QED) is 0.780. The first-order valence-electron chi connectivity index (χ1n) is 6.81. The van der Waals surface area contributed by atoms with Crippen LogP contribution >= 0.6 is 0 Å². The monoisotopic (exact) mass is 259 g/mol. The zero-order valence-electron chi connectivity index (χ0n) is 11.7. The zero-order chi connectivity index (χ0) is 13.9. The highest BCUT2D eigenvalue weighted by Crippen LogP contribution is 2.31. The van der Waals surface area contributed by atoms with Crippen molar-refractivity contribution in [1.29, 1.82) is 0 Å². The van der Waals surface area contributed by atoms with Crippen LogP contribution in [0.2, 0.25) is 0 Å². The van der Waals surface area contributed by atoms with Gasteiger partial charge >= 0.3 is 0 Å². The lowest BCUT2D eigenvalue weighted by atomic mass is 9.76. The topological polar surface area (TPSA) is 37.4 Å². The minimum Gasteiger partial charge on any atom is -0.305 e. The van der Waals surface area contributed by atoms with Gasteiger partial charge in [-0.2, -0.15) is 0 Å². The Morgan fingerprint density at radius 2 is 2.00 bits per heavy atom. The summed E-state index contributed by atoms with van der Waals surface area (Å²) < 4.78 is 0. The van der Waals surface area contributed by atoms with Gasteiger partial charge in [0.05, 0.1) is 0 Å². The smallest absolute Gasteiger partial charge is 0.162 e. The third-order valence-electron chi connectivity index (χ3n) is 4.01. The van der Waals surface area contributed by atoms with E-state index in [4.69, 9.17) is 0 Å². The Bertz CT molecular complexity index is 469. The summed E-state index contributed by atoms with van der Waals surface area (Å²) >= 11 is 0. The second kappa shape index (κ2) is 5.66. The molecule has 0 bridgehead atoms. The van der Waals surface area contributed by atoms with E-state index in [1.165, 1.54) is 0 Å². The maximum Gasteiger partial charge on any atom is 0.162 e. The molecule has 3 heteroatoms. The van der Waals surface area contributed by atoms with Gasteiger partial charge in [-0.3, -0.25) is 9.59 Å². The molecule has 1 aliphatic heterocycles. The Hall–Kier alpha value is -1.48. The standard InChI is InChI=1S/C16H21NO2/c1-16(12-17(2)11-9-15(16)19)10-8-14(18)13-6-4-3-5-7-13/h3-7H,8-12H2,1-2H3. The summed E-state index contributed by atoms with van der Waals surface area (Å²) in [5.74, 6) is 0.425. The molecule has 0 aliphatic carbocycles. The molecule has 0 N–H and O–H groups in total. The molecular weight excluding hydrogens is 238 g/mol. The van der Waals surface area contributed by atoms with E-state index in [1.807, 2.05) is 44.3 Å². The first-order valence-corrected chi connectivity index (χ1v) is 6.81. The van der Waals surface area contributed by atoms with Gasteiger partial charge in [0.15, 0.2) is 5.78 Å². The number of hydrogen-bond donors (Lipinski definition) is 0. The fraction of sp³-hybridized carbons (Fsp3) is 0.500. The first-order chi connectivity index (χ1) is 9.01. The molecule has 1 aromatic carbocycles. The highest BCUT2D eigenvalue weighted by atomic mass is 16.1. The lowest BCUT2D eigenvalue weighted by molar-refractivity contribution is -0.132. The molecule has 3 nitrogen and oxygen atoms in total. The van der Waals surface area contributed by atoms with Crippen molar-refractivity contribution in [2.45, 2.75) is 26.2 Å². The molecule has 102 valence electrons. The first kappa shape index (κ1) is 13.9. The average molecular weight is 259 g/mol. The molecule has 0 radical (unpaired) electrons. The van der Waals surface area contributed by atoms with Gasteiger partial charge in [-0.15, -0.1) is 0 Å². The van der Waals surface area contributed by atoms with E-state index in [2.05, 4.69) is 4.90 Å². The number of nitrogens with zero attached hydrogens (tertiary/aromatic N) is 1. The molecule has 0 saturated carbocycles. The number of carbonyl (C=O) groups excluding carboxylic acids is 2. The van der Waals surface area contributed by atoms with Gasteiger partial charge < -0.3 is 4.90 Å². The number of rotatable bonds is 4. The third kappa shape index (κ3) is 3.29. The molecule has 0 amide bonds. The third-order valence-corrected chi connectivity index (χ3v) is 4.01. The van der Waals surface area contributed by atoms with Gasteiger partial charge in [0, 0.05) is 36.9 Å². The fourth-order valence-corrected chi connectivity index (χ4v) is 2.73. The van der Waals surface area contributed by atoms with Crippen molar-refractivity contribution in [3.05, 3.63) is 35.9 Å². The maximum atomic E-state index is 12.1. The van der Waals surface area contributed by atoms with E-state index >= 15 is 0 Å². The van der Waals surface area contributed by atoms with Gasteiger partial charge in [0.1, 0.15) is 5.78 Å². The minimum absolute atomic E-state index is 0.128. The molecular formula is C16H21NO2. The molecule has 19 heavy (non-hydrogen) atoms. The van der Waals surface area contributed by atoms with Crippen LogP contribution in [0.4, 0.5) is 0 Å². The number of hydrogen-bond acceptors (Lipinski definition) is 3. The second-order valence-electron chi connectivity index (χ2n) is 5.76. The van der Waals surface area contributed by atoms with Crippen LogP contribution in [-0.4, -0.2) is 36.6 Å². The molecule has 1 unspecified atom stereocenters. The normalized spacial score (nSPS) is 24.4. The van der Waals surface area contributed by atoms with Crippen molar-refractivity contribution in [3.63, 3.8) is 0 Å². The van der Waals surface area contributed by atoms with Gasteiger partial charge in [-0.05, 0) is 13.5 Å². The van der Waals surface area contributed by atoms with E-state index in [1.54, 1.807) is 0 Å². The van der Waals surface area contributed by atoms with E-state index in [-0.39, 0.29) is 11.2 Å². The fourth-order valence-electron chi connectivity index (χ4n) is 2.73. The predicted molar refractivity (Wildman–Crippen MR) is 75.2 cm³/mol. The lowest BCUT2D eigenvalue weighted by Gasteiger charge is -2.37. The maximum absolute atomic E-state index is 12.1. The predicted octanol–water partition coefficient (Wildman–Crippen LogP) is 2.56. The molecule has 1 atom stereocenters. The van der Waals surface area contributed by atoms with Gasteiger partial charge in [-0.1, -0.05) is 37.3 Å². The van der Waals surface area contributed by atoms with Crippen LogP contribution in [-0.2, 0) is 4.79 Å². The zero-order valence-corrected chi connectivity index (χ0v) is 11.7. The molecule has 0 spiro atoms. The van der Waals surface area contributed by atoms with Crippen LogP contribution in [0.1, 0.15) is 36.5 Å². The summed E-state index contributed by atoms with van der Waals surface area (Å²) in [6, 6.07) is 9.31. The van der Waals surface area contributed by atoms with Crippen LogP contribution in [0.25, 0.3) is 0 Å². The SMILES string of the molecule is CN1CCC(=O)C(C)(CCC(=O)c2ccccc2)C1. The number of piperidine rings is 1. The molecule has 1 aliphatic rings. The molecule has 1 heterocycles. The van der Waals surface area contributed by atoms with Crippen molar-refractivity contribution in [1.82, 2.24) is 4.90 Å². The van der Waals surface area contributed by atoms with E-state index in [0.29, 0.717) is 25.0 Å². The van der Waals surface area contributed by atoms with Gasteiger partial charge in [0.25, 0.3) is 0 Å². The summed E-state index contributed by atoms with van der Waals surface area (Å²) in [5.41, 5.74) is 0.375. The van der Waals surface area contributed by atoms with Crippen molar-refractivity contribution in [2.24, 2.45) is 5.41 Å². The van der Waals surface area contributed by atoms with Crippen LogP contribution in [0.5, 0.6) is 0 Å². The average Bonchev–Trinajstić information content (AvgIpc) is 2.42. The van der Waals surface area contributed by atoms with E-state index in [9.17, 15) is 9.59 Å². The Kier molecular flexibility index (Phi) is 4.15. The molecule has 0 aromatic heterocycles. The second-order valence-corrected chi connectivity index (χ2v) is 5.76. The largest absolute Gasteiger partial charge is 0.305 e. The van der Waals surface area contributed by atoms with Crippen molar-refractivity contribution in [3.8, 4) is 0 Å². The van der Waals surface area contributed by atoms with Crippen molar-refractivity contribution >= 4 is 11.6 Å². The number of Topliss-reactive ketones (excluding diaryl/α,β-unsaturated/α-hetero) is 2. The summed E-state index contributed by atoms with van der Waals surface area (Å²) in [6.07, 6.45) is 1.69. The molecule has 1 fully saturated rings. The highest BCUT2D eigenvalue weighted by Gasteiger charge is 2.37. The van der Waals surface area contributed by atoms with Crippen LogP contribution < -0.4 is 0 Å². The summed E-state index contributed by atoms with van der Waals surface area (Å²) in [7, 11) is 2.03. The van der Waals surface area contributed by atoms with Gasteiger partial charge in [-0.25, -0.2) is 0 Å². The van der Waals surface area contributed by atoms with Crippen molar-refractivity contribution in [2.75, 3.05) is 20.1 Å². The van der Waals surface area contributed by atoms with Crippen LogP contribution in [0.3, 0.4) is 0 Å². The van der Waals surface area contributed by atoms with Crippen LogP contribution in [0.15, 0.2) is 30.3 Å². The number of ketones is 2. The molecule has 1 saturated heterocycles. The van der Waals surface area contributed by atoms with E-state index < -0.39 is 0 Å². The van der Waals surface area contributed by atoms with E-state index in [0.717, 1.165) is 18.7 Å². The summed E-state index contributed by atoms with van der Waals surface area (Å²) in [4.78, 5) is 26.3. The summed E-state index contributed by atoms with van der Waals surface area (Å²) in [6.45, 7) is 3.58. The molecule has 1 aromatic rings. The Labute approximate surface area is 114 Å². The van der Waals surface area contributed by atoms with Crippen molar-refractivity contribution < 1.29 is 9.59 Å². The Balaban J connectivity index is 1.98. The highest BCUT2D eigenvalue weighted by molar-refractivity contribution is 5.96. The Morgan fingerprint density at radius 3 is 2.68 bits per heavy atom. The number of benzene rings is 1. The minimum atomic E-state index is -0.364. The summed E-state index contributed by atoms with van der Waals surface area (Å²) in [5, 5.41) is 0. The number of likely N-dealkylation sites (tertiary alicyclic amines) is 1.